The number of thiazole rings is 1. The highest BCUT2D eigenvalue weighted by molar-refractivity contribution is 7.14. The molecule has 4 heterocycles. The van der Waals surface area contributed by atoms with Gasteiger partial charge in [0.05, 0.1) is 12.7 Å². The molecule has 3 unspecified atom stereocenters. The molecule has 2 aliphatic heterocycles. The number of hydrogen-bond acceptors (Lipinski definition) is 8. The first-order chi connectivity index (χ1) is 18.2. The third-order valence-corrected chi connectivity index (χ3v) is 8.47. The summed E-state index contributed by atoms with van der Waals surface area (Å²) < 4.78 is 55.5. The summed E-state index contributed by atoms with van der Waals surface area (Å²) >= 11 is 1.34. The molecule has 6 rings (SSSR count). The number of anilines is 1. The summed E-state index contributed by atoms with van der Waals surface area (Å²) in [5.74, 6) is -0.118. The van der Waals surface area contributed by atoms with Crippen LogP contribution in [-0.2, 0) is 11.3 Å². The quantitative estimate of drug-likeness (QED) is 0.353. The molecule has 2 bridgehead atoms. The second-order valence-electron chi connectivity index (χ2n) is 10.3. The molecule has 4 atom stereocenters. The molecule has 0 amide bonds. The van der Waals surface area contributed by atoms with Gasteiger partial charge in [0.25, 0.3) is 0 Å². The summed E-state index contributed by atoms with van der Waals surface area (Å²) in [4.78, 5) is 17.9. The van der Waals surface area contributed by atoms with E-state index >= 15 is 0 Å². The fraction of sp³-hybridized carbons (Fsp3) is 0.500. The zero-order valence-corrected chi connectivity index (χ0v) is 21.3. The maximum absolute atomic E-state index is 13.1. The zero-order chi connectivity index (χ0) is 26.6. The third kappa shape index (κ3) is 4.86. The molecule has 202 valence electrons. The minimum absolute atomic E-state index is 0.0535. The van der Waals surface area contributed by atoms with Gasteiger partial charge in [-0.25, -0.2) is 9.78 Å². The Hall–Kier alpha value is -3.12. The van der Waals surface area contributed by atoms with Crippen LogP contribution in [0.5, 0.6) is 5.75 Å². The number of rotatable bonds is 8. The van der Waals surface area contributed by atoms with Crippen LogP contribution in [0.2, 0.25) is 0 Å². The molecule has 3 aromatic rings. The zero-order valence-electron chi connectivity index (χ0n) is 20.5. The largest absolute Gasteiger partial charge is 0.573 e. The summed E-state index contributed by atoms with van der Waals surface area (Å²) in [5.41, 5.74) is 1.24. The van der Waals surface area contributed by atoms with Crippen LogP contribution in [0.25, 0.3) is 11.3 Å². The minimum Gasteiger partial charge on any atom is -0.476 e. The Kier molecular flexibility index (Phi) is 6.34. The number of carbonyl (C=O) groups is 1. The van der Waals surface area contributed by atoms with Crippen LogP contribution >= 0.6 is 11.3 Å². The van der Waals surface area contributed by atoms with Crippen LogP contribution < -0.4 is 9.64 Å². The van der Waals surface area contributed by atoms with Gasteiger partial charge in [0.15, 0.2) is 10.8 Å². The molecule has 1 aromatic carbocycles. The first-order valence-corrected chi connectivity index (χ1v) is 13.5. The highest BCUT2D eigenvalue weighted by Gasteiger charge is 2.47. The van der Waals surface area contributed by atoms with Gasteiger partial charge in [0.1, 0.15) is 17.2 Å². The molecule has 12 heteroatoms. The Morgan fingerprint density at radius 1 is 1.24 bits per heavy atom. The van der Waals surface area contributed by atoms with Crippen LogP contribution in [0, 0.1) is 5.92 Å². The van der Waals surface area contributed by atoms with Gasteiger partial charge in [-0.05, 0) is 50.2 Å². The maximum atomic E-state index is 13.1. The second kappa shape index (κ2) is 9.57. The van der Waals surface area contributed by atoms with Crippen molar-refractivity contribution in [2.45, 2.75) is 76.1 Å². The number of carboxylic acids is 1. The molecular formula is C26H26F3N3O5S. The molecule has 2 aromatic heterocycles. The third-order valence-electron chi connectivity index (χ3n) is 7.62. The lowest BCUT2D eigenvalue weighted by molar-refractivity contribution is -0.274. The molecule has 0 spiro atoms. The average molecular weight is 550 g/mol. The summed E-state index contributed by atoms with van der Waals surface area (Å²) in [6, 6.07) is 6.26. The van der Waals surface area contributed by atoms with Crippen LogP contribution in [-0.4, -0.2) is 45.8 Å². The van der Waals surface area contributed by atoms with Crippen molar-refractivity contribution in [2.75, 3.05) is 4.90 Å². The van der Waals surface area contributed by atoms with Crippen molar-refractivity contribution >= 4 is 22.4 Å². The number of ether oxygens (including phenoxy) is 2. The first kappa shape index (κ1) is 25.2. The van der Waals surface area contributed by atoms with E-state index in [1.165, 1.54) is 23.5 Å². The van der Waals surface area contributed by atoms with E-state index in [1.807, 2.05) is 0 Å². The van der Waals surface area contributed by atoms with Gasteiger partial charge in [-0.1, -0.05) is 24.2 Å². The summed E-state index contributed by atoms with van der Waals surface area (Å²) in [6.07, 6.45) is -0.573. The number of aromatic nitrogens is 2. The van der Waals surface area contributed by atoms with Crippen molar-refractivity contribution < 1.29 is 37.1 Å². The van der Waals surface area contributed by atoms with Gasteiger partial charge in [-0.3, -0.25) is 0 Å². The van der Waals surface area contributed by atoms with Gasteiger partial charge < -0.3 is 24.0 Å². The number of aromatic carboxylic acids is 1. The van der Waals surface area contributed by atoms with E-state index in [1.54, 1.807) is 17.5 Å². The van der Waals surface area contributed by atoms with Gasteiger partial charge in [0.2, 0.25) is 0 Å². The molecule has 8 nitrogen and oxygen atoms in total. The van der Waals surface area contributed by atoms with E-state index < -0.39 is 12.3 Å². The van der Waals surface area contributed by atoms with E-state index in [9.17, 15) is 23.1 Å². The fourth-order valence-electron chi connectivity index (χ4n) is 5.80. The standard InChI is InChI=1S/C26H26F3N3O5S/c1-13-8-15-9-16(10-20(13)32(15)25-30-19(12-38-25)24(33)34)35-11-18-22(31-37-23(18)14-6-7-14)17-4-2-3-5-21(17)36-26(27,28)29/h2-5,12-16,20H,6-11H2,1H3,(H,33,34)/t13-,15?,16?,20?/m1/s1. The lowest BCUT2D eigenvalue weighted by Crippen LogP contribution is -2.46. The van der Waals surface area contributed by atoms with E-state index in [-0.39, 0.29) is 47.7 Å². The molecule has 2 saturated heterocycles. The molecule has 3 fully saturated rings. The van der Waals surface area contributed by atoms with E-state index in [0.29, 0.717) is 22.9 Å². The number of para-hydroxylation sites is 1. The van der Waals surface area contributed by atoms with Crippen LogP contribution in [0.15, 0.2) is 34.2 Å². The Morgan fingerprint density at radius 3 is 2.71 bits per heavy atom. The van der Waals surface area contributed by atoms with Crippen molar-refractivity contribution in [3.63, 3.8) is 0 Å². The molecular weight excluding hydrogens is 523 g/mol. The predicted octanol–water partition coefficient (Wildman–Crippen LogP) is 6.23. The molecule has 38 heavy (non-hydrogen) atoms. The Bertz CT molecular complexity index is 1340. The van der Waals surface area contributed by atoms with Crippen molar-refractivity contribution in [1.29, 1.82) is 0 Å². The Balaban J connectivity index is 1.22. The molecule has 1 aliphatic carbocycles. The summed E-state index contributed by atoms with van der Waals surface area (Å²) in [7, 11) is 0. The minimum atomic E-state index is -4.83. The van der Waals surface area contributed by atoms with Crippen molar-refractivity contribution in [3.05, 3.63) is 46.7 Å². The number of piperidine rings is 1. The van der Waals surface area contributed by atoms with Crippen LogP contribution in [0.4, 0.5) is 18.3 Å². The van der Waals surface area contributed by atoms with Crippen molar-refractivity contribution in [3.8, 4) is 17.0 Å². The average Bonchev–Trinajstić information content (AvgIpc) is 3.35. The second-order valence-corrected chi connectivity index (χ2v) is 11.1. The van der Waals surface area contributed by atoms with Crippen LogP contribution in [0.3, 0.4) is 0 Å². The number of hydrogen-bond donors (Lipinski definition) is 1. The van der Waals surface area contributed by atoms with Gasteiger partial charge in [0, 0.05) is 34.5 Å². The van der Waals surface area contributed by atoms with E-state index in [4.69, 9.17) is 9.26 Å². The Morgan fingerprint density at radius 2 is 2.03 bits per heavy atom. The van der Waals surface area contributed by atoms with Crippen molar-refractivity contribution in [2.24, 2.45) is 5.92 Å². The maximum Gasteiger partial charge on any atom is 0.573 e. The molecule has 3 aliphatic rings. The van der Waals surface area contributed by atoms with Crippen molar-refractivity contribution in [1.82, 2.24) is 10.1 Å². The first-order valence-electron chi connectivity index (χ1n) is 12.6. The van der Waals surface area contributed by atoms with E-state index in [0.717, 1.165) is 37.2 Å². The highest BCUT2D eigenvalue weighted by atomic mass is 32.1. The smallest absolute Gasteiger partial charge is 0.476 e. The van der Waals surface area contributed by atoms with E-state index in [2.05, 4.69) is 26.7 Å². The highest BCUT2D eigenvalue weighted by Crippen LogP contribution is 2.47. The Labute approximate surface area is 220 Å². The molecule has 1 saturated carbocycles. The fourth-order valence-corrected chi connectivity index (χ4v) is 6.73. The normalized spacial score (nSPS) is 25.1. The number of carboxylic acid groups (broad SMARTS) is 1. The molecule has 1 N–H and O–H groups in total. The SMILES string of the molecule is C[C@@H]1CC2CC(OCc3c(-c4ccccc4OC(F)(F)F)noc3C3CC3)CC1N2c1nc(C(=O)O)cs1. The lowest BCUT2D eigenvalue weighted by atomic mass is 9.97. The van der Waals surface area contributed by atoms with Crippen LogP contribution in [0.1, 0.15) is 66.8 Å². The lowest BCUT2D eigenvalue weighted by Gasteiger charge is -2.39. The van der Waals surface area contributed by atoms with Gasteiger partial charge >= 0.3 is 12.3 Å². The monoisotopic (exact) mass is 549 g/mol. The van der Waals surface area contributed by atoms with Gasteiger partial charge in [-0.15, -0.1) is 24.5 Å². The summed E-state index contributed by atoms with van der Waals surface area (Å²) in [5, 5.41) is 15.7. The summed E-state index contributed by atoms with van der Waals surface area (Å²) in [6.45, 7) is 2.36. The topological polar surface area (TPSA) is 97.9 Å². The predicted molar refractivity (Wildman–Crippen MR) is 131 cm³/mol. The number of nitrogens with zero attached hydrogens (tertiary/aromatic N) is 3. The van der Waals surface area contributed by atoms with Gasteiger partial charge in [-0.2, -0.15) is 0 Å². The number of benzene rings is 1. The number of halogens is 3. The number of fused-ring (bicyclic) bond motifs is 2. The number of alkyl halides is 3. The molecule has 0 radical (unpaired) electrons.